The molecule has 1 saturated carbocycles. The van der Waals surface area contributed by atoms with Crippen molar-refractivity contribution in [2.45, 2.75) is 44.6 Å². The third-order valence-corrected chi connectivity index (χ3v) is 8.13. The third kappa shape index (κ3) is 2.73. The molecule has 0 radical (unpaired) electrons. The van der Waals surface area contributed by atoms with Gasteiger partial charge in [0.2, 0.25) is 0 Å². The fourth-order valence-corrected chi connectivity index (χ4v) is 6.43. The van der Waals surface area contributed by atoms with Gasteiger partial charge in [-0.15, -0.1) is 0 Å². The van der Waals surface area contributed by atoms with Crippen molar-refractivity contribution in [1.29, 1.82) is 0 Å². The number of aromatic nitrogens is 1. The van der Waals surface area contributed by atoms with Gasteiger partial charge in [-0.1, -0.05) is 37.3 Å². The number of carboxylic acid groups (broad SMARTS) is 1. The number of carbonyl (C=O) groups is 2. The van der Waals surface area contributed by atoms with Gasteiger partial charge in [-0.3, -0.25) is 14.6 Å². The van der Waals surface area contributed by atoms with Gasteiger partial charge in [0.05, 0.1) is 11.5 Å². The maximum Gasteiger partial charge on any atom is 0.307 e. The van der Waals surface area contributed by atoms with Crippen LogP contribution in [0.5, 0.6) is 0 Å². The minimum absolute atomic E-state index is 0.0504. The second kappa shape index (κ2) is 6.89. The smallest absolute Gasteiger partial charge is 0.307 e. The molecule has 1 N–H and O–H groups in total. The molecule has 5 heteroatoms. The first-order valence-electron chi connectivity index (χ1n) is 11.3. The summed E-state index contributed by atoms with van der Waals surface area (Å²) in [6.45, 7) is 2.32. The number of fused-ring (bicyclic) bond motifs is 4. The average molecular weight is 428 g/mol. The number of benzene rings is 1. The van der Waals surface area contributed by atoms with Crippen molar-refractivity contribution in [3.05, 3.63) is 77.4 Å². The lowest BCUT2D eigenvalue weighted by molar-refractivity contribution is -0.144. The number of nitrogens with zero attached hydrogens (tertiary/aromatic N) is 1. The van der Waals surface area contributed by atoms with Crippen molar-refractivity contribution >= 4 is 22.5 Å². The highest BCUT2D eigenvalue weighted by Gasteiger charge is 2.53. The van der Waals surface area contributed by atoms with E-state index in [4.69, 9.17) is 4.74 Å². The van der Waals surface area contributed by atoms with E-state index in [1.807, 2.05) is 18.5 Å². The molecule has 6 rings (SSSR count). The molecule has 0 amide bonds. The van der Waals surface area contributed by atoms with Gasteiger partial charge >= 0.3 is 5.97 Å². The molecule has 1 unspecified atom stereocenters. The first-order chi connectivity index (χ1) is 15.5. The molecule has 3 aliphatic carbocycles. The number of allylic oxidation sites excluding steroid dienone is 4. The Morgan fingerprint density at radius 2 is 2.09 bits per heavy atom. The number of hydrogen-bond donors (Lipinski definition) is 1. The summed E-state index contributed by atoms with van der Waals surface area (Å²) in [6, 6.07) is 8.56. The Labute approximate surface area is 186 Å². The number of rotatable bonds is 2. The second-order valence-corrected chi connectivity index (χ2v) is 9.77. The minimum Gasteiger partial charge on any atom is -0.489 e. The molecule has 1 fully saturated rings. The SMILES string of the molecule is C[C@]12C=CC3=CC4=C(CC(C(=O)O)CC4=O)O[C@H]3[C@@H]1CC[C@@H]2c1cccc2cnccc12. The van der Waals surface area contributed by atoms with Crippen molar-refractivity contribution in [3.8, 4) is 0 Å². The van der Waals surface area contributed by atoms with Crippen LogP contribution in [0.2, 0.25) is 0 Å². The van der Waals surface area contributed by atoms with Crippen LogP contribution in [0, 0.1) is 17.3 Å². The van der Waals surface area contributed by atoms with Gasteiger partial charge in [-0.25, -0.2) is 0 Å². The van der Waals surface area contributed by atoms with Gasteiger partial charge in [0, 0.05) is 36.5 Å². The van der Waals surface area contributed by atoms with Gasteiger partial charge in [0.1, 0.15) is 11.9 Å². The molecule has 0 saturated heterocycles. The fraction of sp³-hybridized carbons (Fsp3) is 0.370. The van der Waals surface area contributed by atoms with Crippen LogP contribution >= 0.6 is 0 Å². The van der Waals surface area contributed by atoms with Crippen LogP contribution in [-0.2, 0) is 14.3 Å². The molecule has 1 aromatic heterocycles. The third-order valence-electron chi connectivity index (χ3n) is 8.13. The predicted octanol–water partition coefficient (Wildman–Crippen LogP) is 4.95. The topological polar surface area (TPSA) is 76.5 Å². The lowest BCUT2D eigenvalue weighted by Gasteiger charge is -2.45. The highest BCUT2D eigenvalue weighted by atomic mass is 16.5. The zero-order chi connectivity index (χ0) is 22.0. The van der Waals surface area contributed by atoms with Crippen LogP contribution in [0.1, 0.15) is 44.1 Å². The normalized spacial score (nSPS) is 33.3. The lowest BCUT2D eigenvalue weighted by Crippen LogP contribution is -2.41. The summed E-state index contributed by atoms with van der Waals surface area (Å²) in [5.41, 5.74) is 2.87. The second-order valence-electron chi connectivity index (χ2n) is 9.77. The number of ether oxygens (including phenoxy) is 1. The van der Waals surface area contributed by atoms with Gasteiger partial charge in [-0.05, 0) is 52.8 Å². The van der Waals surface area contributed by atoms with Crippen LogP contribution in [0.15, 0.2) is 71.8 Å². The molecular formula is C27H25NO4. The Morgan fingerprint density at radius 1 is 1.22 bits per heavy atom. The van der Waals surface area contributed by atoms with E-state index in [1.165, 1.54) is 10.9 Å². The highest BCUT2D eigenvalue weighted by molar-refractivity contribution is 6.02. The molecule has 5 nitrogen and oxygen atoms in total. The quantitative estimate of drug-likeness (QED) is 0.734. The van der Waals surface area contributed by atoms with Crippen LogP contribution in [0.25, 0.3) is 10.8 Å². The van der Waals surface area contributed by atoms with E-state index in [1.54, 1.807) is 0 Å². The first-order valence-corrected chi connectivity index (χ1v) is 11.3. The van der Waals surface area contributed by atoms with Crippen molar-refractivity contribution in [1.82, 2.24) is 4.98 Å². The predicted molar refractivity (Wildman–Crippen MR) is 120 cm³/mol. The van der Waals surface area contributed by atoms with E-state index >= 15 is 0 Å². The molecule has 162 valence electrons. The number of ketones is 1. The maximum absolute atomic E-state index is 12.6. The standard InChI is InChI=1S/C27H25NO4/c1-27-9-7-15-11-20-23(29)12-17(26(30)31)13-24(20)32-25(15)22(27)6-5-21(27)19-4-2-3-16-14-28-10-8-18(16)19/h2-4,7-11,14,17,21-22,25H,5-6,12-13H2,1H3,(H,30,31)/t17?,21-,22+,25-,27-/m1/s1. The minimum atomic E-state index is -0.928. The van der Waals surface area contributed by atoms with Crippen LogP contribution in [0.3, 0.4) is 0 Å². The highest BCUT2D eigenvalue weighted by Crippen LogP contribution is 2.60. The van der Waals surface area contributed by atoms with E-state index in [2.05, 4.69) is 48.3 Å². The molecule has 32 heavy (non-hydrogen) atoms. The molecule has 5 atom stereocenters. The van der Waals surface area contributed by atoms with Gasteiger partial charge in [0.15, 0.2) is 5.78 Å². The maximum atomic E-state index is 12.6. The Morgan fingerprint density at radius 3 is 2.94 bits per heavy atom. The molecule has 0 spiro atoms. The Bertz CT molecular complexity index is 1250. The van der Waals surface area contributed by atoms with Crippen LogP contribution in [0.4, 0.5) is 0 Å². The Kier molecular flexibility index (Phi) is 4.19. The Balaban J connectivity index is 1.38. The summed E-state index contributed by atoms with van der Waals surface area (Å²) in [5.74, 6) is -0.546. The van der Waals surface area contributed by atoms with Crippen LogP contribution < -0.4 is 0 Å². The van der Waals surface area contributed by atoms with Gasteiger partial charge in [-0.2, -0.15) is 0 Å². The first kappa shape index (κ1) is 19.5. The number of hydrogen-bond acceptors (Lipinski definition) is 4. The number of carboxylic acids is 1. The summed E-state index contributed by atoms with van der Waals surface area (Å²) in [5, 5.41) is 11.9. The Hall–Kier alpha value is -3.21. The molecule has 0 bridgehead atoms. The van der Waals surface area contributed by atoms with Crippen molar-refractivity contribution in [2.75, 3.05) is 0 Å². The number of Topliss-reactive ketones (excluding diaryl/α,β-unsaturated/α-hetero) is 1. The number of pyridine rings is 1. The van der Waals surface area contributed by atoms with Crippen LogP contribution in [-0.4, -0.2) is 27.9 Å². The number of aliphatic carboxylic acids is 1. The summed E-state index contributed by atoms with van der Waals surface area (Å²) in [4.78, 5) is 28.4. The van der Waals surface area contributed by atoms with Gasteiger partial charge in [0.25, 0.3) is 0 Å². The van der Waals surface area contributed by atoms with E-state index in [9.17, 15) is 14.7 Å². The van der Waals surface area contributed by atoms with Crippen molar-refractivity contribution < 1.29 is 19.4 Å². The van der Waals surface area contributed by atoms with E-state index in [-0.39, 0.29) is 29.6 Å². The largest absolute Gasteiger partial charge is 0.489 e. The summed E-state index contributed by atoms with van der Waals surface area (Å²) < 4.78 is 6.46. The van der Waals surface area contributed by atoms with Crippen molar-refractivity contribution in [3.63, 3.8) is 0 Å². The van der Waals surface area contributed by atoms with Gasteiger partial charge < -0.3 is 9.84 Å². The van der Waals surface area contributed by atoms with E-state index < -0.39 is 11.9 Å². The zero-order valence-corrected chi connectivity index (χ0v) is 18.0. The molecular weight excluding hydrogens is 402 g/mol. The molecule has 1 aromatic carbocycles. The summed E-state index contributed by atoms with van der Waals surface area (Å²) in [7, 11) is 0. The van der Waals surface area contributed by atoms with E-state index in [0.717, 1.165) is 23.8 Å². The summed E-state index contributed by atoms with van der Waals surface area (Å²) in [6.07, 6.45) is 12.5. The molecule has 4 aliphatic rings. The van der Waals surface area contributed by atoms with Crippen molar-refractivity contribution in [2.24, 2.45) is 17.3 Å². The average Bonchev–Trinajstić information content (AvgIpc) is 3.15. The molecule has 2 aromatic rings. The zero-order valence-electron chi connectivity index (χ0n) is 18.0. The fourth-order valence-electron chi connectivity index (χ4n) is 6.43. The molecule has 2 heterocycles. The number of carbonyl (C=O) groups excluding carboxylic acids is 1. The summed E-state index contributed by atoms with van der Waals surface area (Å²) >= 11 is 0. The monoisotopic (exact) mass is 427 g/mol. The van der Waals surface area contributed by atoms with E-state index in [0.29, 0.717) is 23.7 Å². The molecule has 1 aliphatic heterocycles. The lowest BCUT2D eigenvalue weighted by atomic mass is 9.64.